The van der Waals surface area contributed by atoms with Crippen molar-refractivity contribution >= 4 is 0 Å². The van der Waals surface area contributed by atoms with Gasteiger partial charge in [-0.15, -0.1) is 6.58 Å². The number of epoxide rings is 2. The van der Waals surface area contributed by atoms with Crippen molar-refractivity contribution in [3.63, 3.8) is 0 Å². The van der Waals surface area contributed by atoms with Crippen molar-refractivity contribution in [3.05, 3.63) is 12.7 Å². The second-order valence-corrected chi connectivity index (χ2v) is 3.16. The monoisotopic (exact) mass is 186 g/mol. The van der Waals surface area contributed by atoms with Crippen LogP contribution in [-0.4, -0.2) is 44.9 Å². The lowest BCUT2D eigenvalue weighted by Crippen LogP contribution is -2.10. The summed E-state index contributed by atoms with van der Waals surface area (Å²) in [6.45, 7) is 6.17. The molecule has 13 heavy (non-hydrogen) atoms. The normalized spacial score (nSPS) is 35.8. The van der Waals surface area contributed by atoms with E-state index in [4.69, 9.17) is 18.9 Å². The Bertz CT molecular complexity index is 178. The summed E-state index contributed by atoms with van der Waals surface area (Å²) in [6.07, 6.45) is 2.06. The van der Waals surface area contributed by atoms with Gasteiger partial charge in [-0.25, -0.2) is 0 Å². The zero-order valence-electron chi connectivity index (χ0n) is 7.48. The second-order valence-electron chi connectivity index (χ2n) is 3.16. The minimum atomic E-state index is -0.0750. The van der Waals surface area contributed by atoms with Gasteiger partial charge in [0.25, 0.3) is 0 Å². The summed E-state index contributed by atoms with van der Waals surface area (Å²) in [5, 5.41) is 0. The zero-order valence-corrected chi connectivity index (χ0v) is 7.48. The summed E-state index contributed by atoms with van der Waals surface area (Å²) in [6, 6.07) is 0. The maximum atomic E-state index is 5.37. The molecule has 2 aliphatic rings. The molecule has 74 valence electrons. The first-order chi connectivity index (χ1) is 6.40. The molecule has 0 N–H and O–H groups in total. The van der Waals surface area contributed by atoms with Crippen LogP contribution >= 0.6 is 0 Å². The summed E-state index contributed by atoms with van der Waals surface area (Å²) < 4.78 is 20.8. The molecule has 2 aliphatic heterocycles. The fraction of sp³-hybridized carbons (Fsp3) is 0.778. The quantitative estimate of drug-likeness (QED) is 0.326. The van der Waals surface area contributed by atoms with Gasteiger partial charge in [0.05, 0.1) is 26.4 Å². The van der Waals surface area contributed by atoms with Crippen LogP contribution in [0.5, 0.6) is 0 Å². The molecule has 0 saturated carbocycles. The lowest BCUT2D eigenvalue weighted by atomic mass is 10.5. The molecule has 0 aromatic heterocycles. The molecule has 0 radical (unpaired) electrons. The molecule has 3 atom stereocenters. The minimum Gasteiger partial charge on any atom is -0.375 e. The Hall–Kier alpha value is -0.420. The Morgan fingerprint density at radius 1 is 1.46 bits per heavy atom. The zero-order chi connectivity index (χ0) is 9.10. The standard InChI is InChI=1S/C9H14O4/c1-2-3-10-6-8-9(13-8)12-5-7-4-11-7/h2,7-9H,1,3-6H2. The molecule has 3 unspecified atom stereocenters. The summed E-state index contributed by atoms with van der Waals surface area (Å²) in [5.41, 5.74) is 0. The van der Waals surface area contributed by atoms with Crippen molar-refractivity contribution in [3.8, 4) is 0 Å². The highest BCUT2D eigenvalue weighted by molar-refractivity contribution is 4.79. The van der Waals surface area contributed by atoms with Crippen LogP contribution in [0.3, 0.4) is 0 Å². The van der Waals surface area contributed by atoms with Gasteiger partial charge in [0, 0.05) is 0 Å². The highest BCUT2D eigenvalue weighted by Crippen LogP contribution is 2.24. The van der Waals surface area contributed by atoms with Crippen molar-refractivity contribution in [1.82, 2.24) is 0 Å². The first-order valence-electron chi connectivity index (χ1n) is 4.47. The Balaban J connectivity index is 1.46. The Morgan fingerprint density at radius 3 is 3.00 bits per heavy atom. The number of ether oxygens (including phenoxy) is 4. The molecule has 0 aliphatic carbocycles. The Morgan fingerprint density at radius 2 is 2.31 bits per heavy atom. The van der Waals surface area contributed by atoms with Crippen LogP contribution < -0.4 is 0 Å². The van der Waals surface area contributed by atoms with Gasteiger partial charge in [-0.3, -0.25) is 0 Å². The number of rotatable bonds is 7. The smallest absolute Gasteiger partial charge is 0.186 e. The van der Waals surface area contributed by atoms with E-state index in [2.05, 4.69) is 6.58 Å². The van der Waals surface area contributed by atoms with E-state index in [-0.39, 0.29) is 12.4 Å². The largest absolute Gasteiger partial charge is 0.375 e. The molecule has 0 bridgehead atoms. The van der Waals surface area contributed by atoms with Gasteiger partial charge in [0.1, 0.15) is 12.2 Å². The van der Waals surface area contributed by atoms with Crippen LogP contribution in [-0.2, 0) is 18.9 Å². The lowest BCUT2D eigenvalue weighted by Gasteiger charge is -1.97. The minimum absolute atomic E-state index is 0.0750. The van der Waals surface area contributed by atoms with Crippen molar-refractivity contribution in [2.24, 2.45) is 0 Å². The fourth-order valence-corrected chi connectivity index (χ4v) is 1.03. The predicted octanol–water partition coefficient (Wildman–Crippen LogP) is 0.329. The topological polar surface area (TPSA) is 43.5 Å². The van der Waals surface area contributed by atoms with Gasteiger partial charge >= 0.3 is 0 Å². The number of hydrogen-bond donors (Lipinski definition) is 0. The molecule has 2 fully saturated rings. The molecule has 0 aromatic rings. The third-order valence-electron chi connectivity index (χ3n) is 1.90. The molecule has 4 nitrogen and oxygen atoms in total. The Labute approximate surface area is 77.4 Å². The Kier molecular flexibility index (Phi) is 2.95. The van der Waals surface area contributed by atoms with E-state index in [0.29, 0.717) is 25.9 Å². The van der Waals surface area contributed by atoms with Crippen molar-refractivity contribution in [1.29, 1.82) is 0 Å². The lowest BCUT2D eigenvalue weighted by molar-refractivity contribution is 0.0404. The first kappa shape index (κ1) is 9.15. The van der Waals surface area contributed by atoms with Crippen LogP contribution in [0.4, 0.5) is 0 Å². The maximum Gasteiger partial charge on any atom is 0.186 e. The van der Waals surface area contributed by atoms with Crippen molar-refractivity contribution in [2.45, 2.75) is 18.5 Å². The molecule has 2 saturated heterocycles. The summed E-state index contributed by atoms with van der Waals surface area (Å²) in [7, 11) is 0. The van der Waals surface area contributed by atoms with Gasteiger partial charge in [0.2, 0.25) is 0 Å². The van der Waals surface area contributed by atoms with Crippen LogP contribution in [0, 0.1) is 0 Å². The van der Waals surface area contributed by atoms with E-state index in [0.717, 1.165) is 6.61 Å². The van der Waals surface area contributed by atoms with Gasteiger partial charge in [-0.1, -0.05) is 6.08 Å². The van der Waals surface area contributed by atoms with Crippen LogP contribution in [0.2, 0.25) is 0 Å². The number of hydrogen-bond acceptors (Lipinski definition) is 4. The predicted molar refractivity (Wildman–Crippen MR) is 45.4 cm³/mol. The van der Waals surface area contributed by atoms with E-state index in [1.165, 1.54) is 0 Å². The molecule has 0 amide bonds. The van der Waals surface area contributed by atoms with Crippen LogP contribution in [0.15, 0.2) is 12.7 Å². The van der Waals surface area contributed by atoms with Crippen LogP contribution in [0.1, 0.15) is 0 Å². The molecular weight excluding hydrogens is 172 g/mol. The van der Waals surface area contributed by atoms with Gasteiger partial charge < -0.3 is 18.9 Å². The van der Waals surface area contributed by atoms with Gasteiger partial charge in [0.15, 0.2) is 6.29 Å². The fourth-order valence-electron chi connectivity index (χ4n) is 1.03. The third-order valence-corrected chi connectivity index (χ3v) is 1.90. The van der Waals surface area contributed by atoms with Gasteiger partial charge in [-0.05, 0) is 0 Å². The van der Waals surface area contributed by atoms with Gasteiger partial charge in [-0.2, -0.15) is 0 Å². The molecule has 0 spiro atoms. The molecule has 4 heteroatoms. The summed E-state index contributed by atoms with van der Waals surface area (Å²) in [4.78, 5) is 0. The third kappa shape index (κ3) is 3.08. The van der Waals surface area contributed by atoms with E-state index in [9.17, 15) is 0 Å². The van der Waals surface area contributed by atoms with E-state index in [1.54, 1.807) is 6.08 Å². The molecule has 0 aromatic carbocycles. The highest BCUT2D eigenvalue weighted by Gasteiger charge is 2.41. The van der Waals surface area contributed by atoms with E-state index >= 15 is 0 Å². The van der Waals surface area contributed by atoms with E-state index < -0.39 is 0 Å². The summed E-state index contributed by atoms with van der Waals surface area (Å²) >= 11 is 0. The van der Waals surface area contributed by atoms with Crippen LogP contribution in [0.25, 0.3) is 0 Å². The summed E-state index contributed by atoms with van der Waals surface area (Å²) in [5.74, 6) is 0. The average molecular weight is 186 g/mol. The van der Waals surface area contributed by atoms with Crippen molar-refractivity contribution < 1.29 is 18.9 Å². The maximum absolute atomic E-state index is 5.37. The second kappa shape index (κ2) is 4.19. The van der Waals surface area contributed by atoms with E-state index in [1.807, 2.05) is 0 Å². The first-order valence-corrected chi connectivity index (χ1v) is 4.47. The molecule has 2 rings (SSSR count). The van der Waals surface area contributed by atoms with Crippen molar-refractivity contribution in [2.75, 3.05) is 26.4 Å². The molecular formula is C9H14O4. The molecule has 2 heterocycles. The SMILES string of the molecule is C=CCOCC1OC1OCC1CO1. The average Bonchev–Trinajstić information content (AvgIpc) is 2.98. The highest BCUT2D eigenvalue weighted by atomic mass is 16.8.